The van der Waals surface area contributed by atoms with E-state index in [-0.39, 0.29) is 23.7 Å². The van der Waals surface area contributed by atoms with E-state index in [1.807, 2.05) is 60.0 Å². The minimum absolute atomic E-state index is 0.123. The highest BCUT2D eigenvalue weighted by Crippen LogP contribution is 2.30. The first-order chi connectivity index (χ1) is 18.5. The molecule has 2 heterocycles. The molecular formula is C31H41N3O4. The second-order valence-electron chi connectivity index (χ2n) is 10.2. The van der Waals surface area contributed by atoms with Crippen LogP contribution in [0.3, 0.4) is 0 Å². The summed E-state index contributed by atoms with van der Waals surface area (Å²) in [7, 11) is 1.67. The Morgan fingerprint density at radius 3 is 2.71 bits per heavy atom. The molecule has 2 aromatic rings. The smallest absolute Gasteiger partial charge is 0.236 e. The van der Waals surface area contributed by atoms with E-state index in [1.165, 1.54) is 0 Å². The largest absolute Gasteiger partial charge is 0.497 e. The van der Waals surface area contributed by atoms with Gasteiger partial charge in [-0.3, -0.25) is 14.5 Å². The molecule has 2 aliphatic heterocycles. The number of ether oxygens (including phenoxy) is 2. The summed E-state index contributed by atoms with van der Waals surface area (Å²) < 4.78 is 11.6. The zero-order valence-electron chi connectivity index (χ0n) is 23.0. The summed E-state index contributed by atoms with van der Waals surface area (Å²) in [5.41, 5.74) is 2.14. The topological polar surface area (TPSA) is 62.3 Å². The Bertz CT molecular complexity index is 1110. The molecule has 2 amide bonds. The average molecular weight is 520 g/mol. The van der Waals surface area contributed by atoms with Gasteiger partial charge in [0.05, 0.1) is 13.7 Å². The number of carbonyl (C=O) groups excluding carboxylic acids is 2. The molecule has 1 saturated heterocycles. The lowest BCUT2D eigenvalue weighted by Crippen LogP contribution is -2.48. The van der Waals surface area contributed by atoms with Crippen LogP contribution in [0.2, 0.25) is 0 Å². The van der Waals surface area contributed by atoms with Gasteiger partial charge in [-0.05, 0) is 55.9 Å². The normalized spacial score (nSPS) is 21.2. The van der Waals surface area contributed by atoms with Crippen LogP contribution in [-0.2, 0) is 22.7 Å². The number of amides is 2. The van der Waals surface area contributed by atoms with Crippen molar-refractivity contribution in [2.45, 2.75) is 39.8 Å². The minimum atomic E-state index is 0.123. The molecule has 2 bridgehead atoms. The van der Waals surface area contributed by atoms with E-state index in [1.54, 1.807) is 7.11 Å². The van der Waals surface area contributed by atoms with E-state index >= 15 is 0 Å². The maximum Gasteiger partial charge on any atom is 0.236 e. The number of hydrogen-bond donors (Lipinski definition) is 0. The number of rotatable bonds is 7. The molecule has 0 radical (unpaired) electrons. The molecule has 0 aliphatic carbocycles. The number of nitrogens with zero attached hydrogens (tertiary/aromatic N) is 3. The van der Waals surface area contributed by atoms with Crippen LogP contribution in [0.5, 0.6) is 11.5 Å². The Morgan fingerprint density at radius 2 is 1.92 bits per heavy atom. The summed E-state index contributed by atoms with van der Waals surface area (Å²) in [5.74, 6) is 2.30. The standard InChI is InChI=1S/C31H41N3O4/c1-4-33(5-2)30(35)19-25-15-16-34-22-26(25)12-9-17-38-29-14-7-6-11-27(29)21-32(23-31(34)36)20-24-10-8-13-28(18-24)37-3/h6-14,18,25-26H,4-5,15-17,19-23H2,1-3H3/b12-9-/t25-,26-/m0/s1. The predicted octanol–water partition coefficient (Wildman–Crippen LogP) is 4.37. The maximum atomic E-state index is 13.6. The van der Waals surface area contributed by atoms with Crippen molar-refractivity contribution in [2.75, 3.05) is 46.4 Å². The molecule has 0 aromatic heterocycles. The maximum absolute atomic E-state index is 13.6. The Hall–Kier alpha value is -3.32. The van der Waals surface area contributed by atoms with Gasteiger partial charge in [0.1, 0.15) is 18.1 Å². The third-order valence-electron chi connectivity index (χ3n) is 7.70. The molecule has 2 aromatic carbocycles. The molecule has 2 atom stereocenters. The van der Waals surface area contributed by atoms with Crippen molar-refractivity contribution in [3.05, 3.63) is 71.8 Å². The van der Waals surface area contributed by atoms with Gasteiger partial charge in [0.2, 0.25) is 11.8 Å². The predicted molar refractivity (Wildman–Crippen MR) is 149 cm³/mol. The Balaban J connectivity index is 1.57. The van der Waals surface area contributed by atoms with E-state index < -0.39 is 0 Å². The van der Waals surface area contributed by atoms with Crippen LogP contribution in [-0.4, -0.2) is 73.0 Å². The first kappa shape index (κ1) is 27.7. The fourth-order valence-electron chi connectivity index (χ4n) is 5.53. The summed E-state index contributed by atoms with van der Waals surface area (Å²) in [6.07, 6.45) is 5.56. The minimum Gasteiger partial charge on any atom is -0.497 e. The number of carbonyl (C=O) groups is 2. The molecule has 2 aliphatic rings. The van der Waals surface area contributed by atoms with Crippen LogP contribution in [0, 0.1) is 11.8 Å². The second-order valence-corrected chi connectivity index (χ2v) is 10.2. The van der Waals surface area contributed by atoms with Crippen LogP contribution in [0.25, 0.3) is 0 Å². The van der Waals surface area contributed by atoms with Gasteiger partial charge in [-0.25, -0.2) is 0 Å². The Labute approximate surface area is 227 Å². The molecule has 0 spiro atoms. The zero-order chi connectivity index (χ0) is 26.9. The van der Waals surface area contributed by atoms with Crippen molar-refractivity contribution >= 4 is 11.8 Å². The van der Waals surface area contributed by atoms with Crippen molar-refractivity contribution in [2.24, 2.45) is 11.8 Å². The highest BCUT2D eigenvalue weighted by atomic mass is 16.5. The molecule has 4 rings (SSSR count). The number of piperidine rings is 1. The number of para-hydroxylation sites is 1. The lowest BCUT2D eigenvalue weighted by atomic mass is 9.82. The molecule has 1 fully saturated rings. The third kappa shape index (κ3) is 7.16. The van der Waals surface area contributed by atoms with Crippen molar-refractivity contribution < 1.29 is 19.1 Å². The average Bonchev–Trinajstić information content (AvgIpc) is 2.93. The van der Waals surface area contributed by atoms with Gasteiger partial charge < -0.3 is 19.3 Å². The van der Waals surface area contributed by atoms with Gasteiger partial charge in [0, 0.05) is 51.3 Å². The molecule has 0 unspecified atom stereocenters. The van der Waals surface area contributed by atoms with Gasteiger partial charge in [-0.2, -0.15) is 0 Å². The van der Waals surface area contributed by atoms with E-state index in [9.17, 15) is 9.59 Å². The van der Waals surface area contributed by atoms with E-state index in [2.05, 4.69) is 29.2 Å². The van der Waals surface area contributed by atoms with Crippen molar-refractivity contribution in [1.82, 2.24) is 14.7 Å². The summed E-state index contributed by atoms with van der Waals surface area (Å²) in [5, 5.41) is 0. The Morgan fingerprint density at radius 1 is 1.11 bits per heavy atom. The van der Waals surface area contributed by atoms with Crippen LogP contribution in [0.1, 0.15) is 37.8 Å². The SMILES string of the molecule is CCN(CC)C(=O)C[C@@H]1CCN2C[C@@H]1/C=C\COc1ccccc1CN(Cc1cccc(OC)c1)CC2=O. The molecule has 204 valence electrons. The molecule has 0 saturated carbocycles. The van der Waals surface area contributed by atoms with Gasteiger partial charge >= 0.3 is 0 Å². The number of fused-ring (bicyclic) bond motifs is 3. The highest BCUT2D eigenvalue weighted by Gasteiger charge is 2.33. The van der Waals surface area contributed by atoms with Crippen LogP contribution < -0.4 is 9.47 Å². The van der Waals surface area contributed by atoms with E-state index in [0.717, 1.165) is 42.1 Å². The molecule has 7 nitrogen and oxygen atoms in total. The van der Waals surface area contributed by atoms with Crippen LogP contribution in [0.4, 0.5) is 0 Å². The second kappa shape index (κ2) is 13.5. The molecule has 0 N–H and O–H groups in total. The highest BCUT2D eigenvalue weighted by molar-refractivity contribution is 5.79. The monoisotopic (exact) mass is 519 g/mol. The van der Waals surface area contributed by atoms with Gasteiger partial charge in [0.15, 0.2) is 0 Å². The Kier molecular flexibility index (Phi) is 9.82. The first-order valence-corrected chi connectivity index (χ1v) is 13.8. The van der Waals surface area contributed by atoms with Gasteiger partial charge in [-0.1, -0.05) is 42.5 Å². The van der Waals surface area contributed by atoms with Crippen molar-refractivity contribution in [1.29, 1.82) is 0 Å². The molecular weight excluding hydrogens is 478 g/mol. The third-order valence-corrected chi connectivity index (χ3v) is 7.70. The van der Waals surface area contributed by atoms with Gasteiger partial charge in [-0.15, -0.1) is 0 Å². The fourth-order valence-corrected chi connectivity index (χ4v) is 5.53. The number of benzene rings is 2. The lowest BCUT2D eigenvalue weighted by Gasteiger charge is -2.38. The summed E-state index contributed by atoms with van der Waals surface area (Å²) >= 11 is 0. The van der Waals surface area contributed by atoms with Crippen LogP contribution >= 0.6 is 0 Å². The number of hydrogen-bond acceptors (Lipinski definition) is 5. The quantitative estimate of drug-likeness (QED) is 0.509. The number of methoxy groups -OCH3 is 1. The van der Waals surface area contributed by atoms with Crippen LogP contribution in [0.15, 0.2) is 60.7 Å². The first-order valence-electron chi connectivity index (χ1n) is 13.8. The lowest BCUT2D eigenvalue weighted by molar-refractivity contribution is -0.136. The van der Waals surface area contributed by atoms with Gasteiger partial charge in [0.25, 0.3) is 0 Å². The van der Waals surface area contributed by atoms with E-state index in [4.69, 9.17) is 9.47 Å². The fraction of sp³-hybridized carbons (Fsp3) is 0.484. The van der Waals surface area contributed by atoms with E-state index in [0.29, 0.717) is 45.8 Å². The zero-order valence-corrected chi connectivity index (χ0v) is 23.0. The van der Waals surface area contributed by atoms with Crippen molar-refractivity contribution in [3.8, 4) is 11.5 Å². The molecule has 38 heavy (non-hydrogen) atoms. The van der Waals surface area contributed by atoms with Crippen molar-refractivity contribution in [3.63, 3.8) is 0 Å². The summed E-state index contributed by atoms with van der Waals surface area (Å²) in [6.45, 7) is 8.79. The summed E-state index contributed by atoms with van der Waals surface area (Å²) in [4.78, 5) is 32.6. The molecule has 7 heteroatoms. The summed E-state index contributed by atoms with van der Waals surface area (Å²) in [6, 6.07) is 16.0.